The Bertz CT molecular complexity index is 704. The molecule has 0 saturated heterocycles. The van der Waals surface area contributed by atoms with Gasteiger partial charge in [0.2, 0.25) is 5.88 Å². The lowest BCUT2D eigenvalue weighted by atomic mass is 10.00. The Kier molecular flexibility index (Phi) is 6.89. The molecule has 0 radical (unpaired) electrons. The molecule has 4 N–H and O–H groups in total. The molecule has 0 atom stereocenters. The lowest BCUT2D eigenvalue weighted by Gasteiger charge is -2.17. The van der Waals surface area contributed by atoms with Crippen molar-refractivity contribution in [3.63, 3.8) is 0 Å². The summed E-state index contributed by atoms with van der Waals surface area (Å²) in [6, 6.07) is 8.22. The van der Waals surface area contributed by atoms with Crippen LogP contribution in [0.5, 0.6) is 5.88 Å². The van der Waals surface area contributed by atoms with E-state index in [1.165, 1.54) is 16.7 Å². The molecular weight excluding hydrogens is 316 g/mol. The molecule has 25 heavy (non-hydrogen) atoms. The Morgan fingerprint density at radius 3 is 2.72 bits per heavy atom. The van der Waals surface area contributed by atoms with Gasteiger partial charge in [0.25, 0.3) is 0 Å². The van der Waals surface area contributed by atoms with Gasteiger partial charge < -0.3 is 25.8 Å². The van der Waals surface area contributed by atoms with Crippen molar-refractivity contribution in [2.75, 3.05) is 43.7 Å². The first-order chi connectivity index (χ1) is 12.1. The van der Waals surface area contributed by atoms with Gasteiger partial charge in [0.05, 0.1) is 18.0 Å². The summed E-state index contributed by atoms with van der Waals surface area (Å²) >= 11 is 0. The second kappa shape index (κ2) is 9.13. The third kappa shape index (κ3) is 4.76. The van der Waals surface area contributed by atoms with Gasteiger partial charge in [0, 0.05) is 26.8 Å². The molecule has 0 unspecified atom stereocenters. The van der Waals surface area contributed by atoms with Crippen LogP contribution in [0.1, 0.15) is 23.6 Å². The van der Waals surface area contributed by atoms with Crippen molar-refractivity contribution in [2.45, 2.75) is 26.8 Å². The molecule has 0 aliphatic rings. The van der Waals surface area contributed by atoms with E-state index in [1.807, 2.05) is 6.07 Å². The highest BCUT2D eigenvalue weighted by atomic mass is 16.5. The number of aryl methyl sites for hydroxylation is 2. The first-order valence-electron chi connectivity index (χ1n) is 8.51. The zero-order chi connectivity index (χ0) is 18.2. The van der Waals surface area contributed by atoms with Crippen molar-refractivity contribution >= 4 is 17.2 Å². The van der Waals surface area contributed by atoms with Crippen molar-refractivity contribution in [3.8, 4) is 5.88 Å². The van der Waals surface area contributed by atoms with E-state index in [4.69, 9.17) is 15.2 Å². The average Bonchev–Trinajstić information content (AvgIpc) is 2.62. The molecule has 0 bridgehead atoms. The fourth-order valence-electron chi connectivity index (χ4n) is 2.70. The van der Waals surface area contributed by atoms with E-state index in [2.05, 4.69) is 47.7 Å². The number of nitrogens with one attached hydrogen (secondary N) is 2. The summed E-state index contributed by atoms with van der Waals surface area (Å²) in [5, 5.41) is 6.45. The molecule has 0 amide bonds. The lowest BCUT2D eigenvalue weighted by molar-refractivity contribution is 0.144. The Hall–Kier alpha value is -2.47. The summed E-state index contributed by atoms with van der Waals surface area (Å²) in [5.74, 6) is 1.11. The smallest absolute Gasteiger partial charge is 0.217 e. The number of nitrogen functional groups attached to an aromatic ring is 1. The van der Waals surface area contributed by atoms with Crippen LogP contribution in [0.2, 0.25) is 0 Å². The van der Waals surface area contributed by atoms with Gasteiger partial charge in [-0.05, 0) is 30.0 Å². The predicted molar refractivity (Wildman–Crippen MR) is 103 cm³/mol. The third-order valence-electron chi connectivity index (χ3n) is 4.15. The Labute approximate surface area is 149 Å². The van der Waals surface area contributed by atoms with Gasteiger partial charge in [-0.2, -0.15) is 4.98 Å². The van der Waals surface area contributed by atoms with Crippen molar-refractivity contribution in [3.05, 3.63) is 41.0 Å². The van der Waals surface area contributed by atoms with Crippen molar-refractivity contribution in [1.29, 1.82) is 0 Å². The number of hydrogen-bond acceptors (Lipinski definition) is 6. The molecule has 0 aliphatic carbocycles. The Morgan fingerprint density at radius 2 is 2.04 bits per heavy atom. The van der Waals surface area contributed by atoms with Crippen molar-refractivity contribution < 1.29 is 9.47 Å². The number of nitrogens with zero attached hydrogens (tertiary/aromatic N) is 1. The lowest BCUT2D eigenvalue weighted by Crippen LogP contribution is -2.11. The summed E-state index contributed by atoms with van der Waals surface area (Å²) < 4.78 is 10.6. The van der Waals surface area contributed by atoms with E-state index in [1.54, 1.807) is 14.2 Å². The number of ether oxygens (including phenoxy) is 2. The van der Waals surface area contributed by atoms with Crippen molar-refractivity contribution in [1.82, 2.24) is 4.98 Å². The first kappa shape index (κ1) is 18.9. The molecule has 6 nitrogen and oxygen atoms in total. The van der Waals surface area contributed by atoms with Gasteiger partial charge in [-0.15, -0.1) is 0 Å². The first-order valence-corrected chi connectivity index (χ1v) is 8.51. The standard InChI is InChI=1S/C19H28N4O2/c1-5-14-8-6-7-13(2)15(14)12-22-16-11-17(25-10-9-24-4)23-19(21-3)18(16)20/h6-8,11H,5,9-10,12,20H2,1-4H3,(H2,21,22,23). The molecular formula is C19H28N4O2. The van der Waals surface area contributed by atoms with Gasteiger partial charge in [-0.25, -0.2) is 0 Å². The van der Waals surface area contributed by atoms with E-state index in [0.717, 1.165) is 12.1 Å². The number of anilines is 3. The zero-order valence-corrected chi connectivity index (χ0v) is 15.5. The molecule has 2 rings (SSSR count). The van der Waals surface area contributed by atoms with Crippen LogP contribution < -0.4 is 21.1 Å². The van der Waals surface area contributed by atoms with Crippen LogP contribution in [0.15, 0.2) is 24.3 Å². The van der Waals surface area contributed by atoms with Crippen LogP contribution in [0, 0.1) is 6.92 Å². The van der Waals surface area contributed by atoms with Gasteiger partial charge in [0.1, 0.15) is 6.61 Å². The van der Waals surface area contributed by atoms with E-state index >= 15 is 0 Å². The number of nitrogens with two attached hydrogens (primary N) is 1. The minimum Gasteiger partial charge on any atom is -0.475 e. The van der Waals surface area contributed by atoms with Crippen LogP contribution in [-0.4, -0.2) is 32.4 Å². The number of aromatic nitrogens is 1. The van der Waals surface area contributed by atoms with Crippen LogP contribution >= 0.6 is 0 Å². The second-order valence-corrected chi connectivity index (χ2v) is 5.78. The molecule has 2 aromatic rings. The van der Waals surface area contributed by atoms with E-state index < -0.39 is 0 Å². The number of rotatable bonds is 9. The molecule has 136 valence electrons. The molecule has 1 heterocycles. The SMILES string of the molecule is CCc1cccc(C)c1CNc1cc(OCCOC)nc(NC)c1N. The quantitative estimate of drug-likeness (QED) is 0.606. The topological polar surface area (TPSA) is 81.4 Å². The maximum atomic E-state index is 6.22. The highest BCUT2D eigenvalue weighted by molar-refractivity contribution is 5.78. The molecule has 0 saturated carbocycles. The minimum absolute atomic E-state index is 0.438. The van der Waals surface area contributed by atoms with E-state index in [9.17, 15) is 0 Å². The maximum absolute atomic E-state index is 6.22. The summed E-state index contributed by atoms with van der Waals surface area (Å²) in [6.07, 6.45) is 0.998. The van der Waals surface area contributed by atoms with Gasteiger partial charge in [-0.1, -0.05) is 25.1 Å². The fraction of sp³-hybridized carbons (Fsp3) is 0.421. The van der Waals surface area contributed by atoms with Gasteiger partial charge >= 0.3 is 0 Å². The monoisotopic (exact) mass is 344 g/mol. The van der Waals surface area contributed by atoms with Crippen molar-refractivity contribution in [2.24, 2.45) is 0 Å². The van der Waals surface area contributed by atoms with Crippen LogP contribution in [0.4, 0.5) is 17.2 Å². The minimum atomic E-state index is 0.438. The summed E-state index contributed by atoms with van der Waals surface area (Å²) in [4.78, 5) is 4.38. The fourth-order valence-corrected chi connectivity index (χ4v) is 2.70. The number of pyridine rings is 1. The Morgan fingerprint density at radius 1 is 1.24 bits per heavy atom. The normalized spacial score (nSPS) is 10.6. The molecule has 1 aromatic heterocycles. The van der Waals surface area contributed by atoms with Crippen LogP contribution in [0.3, 0.4) is 0 Å². The molecule has 0 fully saturated rings. The second-order valence-electron chi connectivity index (χ2n) is 5.78. The van der Waals surface area contributed by atoms with Crippen LogP contribution in [0.25, 0.3) is 0 Å². The van der Waals surface area contributed by atoms with E-state index in [0.29, 0.717) is 37.1 Å². The average molecular weight is 344 g/mol. The summed E-state index contributed by atoms with van der Waals surface area (Å²) in [5.41, 5.74) is 11.5. The largest absolute Gasteiger partial charge is 0.475 e. The molecule has 0 spiro atoms. The van der Waals surface area contributed by atoms with Gasteiger partial charge in [0.15, 0.2) is 5.82 Å². The van der Waals surface area contributed by atoms with Gasteiger partial charge in [-0.3, -0.25) is 0 Å². The number of hydrogen-bond donors (Lipinski definition) is 3. The number of methoxy groups -OCH3 is 1. The highest BCUT2D eigenvalue weighted by Gasteiger charge is 2.11. The molecule has 1 aromatic carbocycles. The molecule has 6 heteroatoms. The highest BCUT2D eigenvalue weighted by Crippen LogP contribution is 2.30. The predicted octanol–water partition coefficient (Wildman–Crippen LogP) is 3.21. The summed E-state index contributed by atoms with van der Waals surface area (Å²) in [6.45, 7) is 5.94. The third-order valence-corrected chi connectivity index (χ3v) is 4.15. The summed E-state index contributed by atoms with van der Waals surface area (Å²) in [7, 11) is 3.43. The maximum Gasteiger partial charge on any atom is 0.217 e. The van der Waals surface area contributed by atoms with Crippen LogP contribution in [-0.2, 0) is 17.7 Å². The van der Waals surface area contributed by atoms with E-state index in [-0.39, 0.29) is 0 Å². The Balaban J connectivity index is 2.22. The zero-order valence-electron chi connectivity index (χ0n) is 15.5. The molecule has 0 aliphatic heterocycles. The number of benzene rings is 1.